The summed E-state index contributed by atoms with van der Waals surface area (Å²) in [6.45, 7) is 2.94. The number of amides is 1. The van der Waals surface area contributed by atoms with Crippen LogP contribution in [0.1, 0.15) is 23.3 Å². The SMILES string of the molecule is COC(=O)C1=CC2SC(N3CCOc4cc(C(=O)N5CCCC5)[nH]c43)=CC2S1. The summed E-state index contributed by atoms with van der Waals surface area (Å²) in [7, 11) is 1.41. The number of carbonyl (C=O) groups is 2. The van der Waals surface area contributed by atoms with E-state index in [2.05, 4.69) is 16.0 Å². The smallest absolute Gasteiger partial charge is 0.344 e. The summed E-state index contributed by atoms with van der Waals surface area (Å²) in [4.78, 5) is 32.5. The highest BCUT2D eigenvalue weighted by Crippen LogP contribution is 2.50. The number of carbonyl (C=O) groups excluding carboxylic acids is 2. The topological polar surface area (TPSA) is 74.9 Å². The van der Waals surface area contributed by atoms with Crippen molar-refractivity contribution in [3.05, 3.63) is 33.8 Å². The number of hydrogen-bond acceptors (Lipinski definition) is 7. The molecular formula is C19H21N3O4S2. The summed E-state index contributed by atoms with van der Waals surface area (Å²) in [5.41, 5.74) is 0.588. The molecule has 1 saturated heterocycles. The number of rotatable bonds is 3. The molecule has 1 aromatic rings. The standard InChI is InChI=1S/C19H21N3O4S2/c1-25-19(24)15-9-13-14(27-15)10-16(28-13)22-6-7-26-12-8-11(20-17(12)22)18(23)21-4-2-3-5-21/h8-10,13-14,20H,2-7H2,1H3. The summed E-state index contributed by atoms with van der Waals surface area (Å²) >= 11 is 3.29. The maximum atomic E-state index is 12.7. The third-order valence-electron chi connectivity index (χ3n) is 5.35. The lowest BCUT2D eigenvalue weighted by Gasteiger charge is -2.29. The van der Waals surface area contributed by atoms with Crippen molar-refractivity contribution in [3.8, 4) is 5.75 Å². The van der Waals surface area contributed by atoms with Gasteiger partial charge in [-0.05, 0) is 25.0 Å². The molecule has 4 aliphatic rings. The first-order valence-electron chi connectivity index (χ1n) is 9.42. The Balaban J connectivity index is 1.35. The molecule has 1 amide bonds. The zero-order valence-corrected chi connectivity index (χ0v) is 17.1. The maximum absolute atomic E-state index is 12.7. The second kappa shape index (κ2) is 7.11. The number of H-pyrrole nitrogens is 1. The summed E-state index contributed by atoms with van der Waals surface area (Å²) in [6.07, 6.45) is 6.33. The third kappa shape index (κ3) is 3.00. The first kappa shape index (κ1) is 18.1. The van der Waals surface area contributed by atoms with Gasteiger partial charge in [-0.25, -0.2) is 4.79 Å². The number of fused-ring (bicyclic) bond motifs is 2. The third-order valence-corrected chi connectivity index (χ3v) is 8.08. The fourth-order valence-electron chi connectivity index (χ4n) is 3.94. The molecule has 2 atom stereocenters. The molecule has 4 aliphatic heterocycles. The van der Waals surface area contributed by atoms with Crippen molar-refractivity contribution in [2.75, 3.05) is 38.3 Å². The fraction of sp³-hybridized carbons (Fsp3) is 0.474. The summed E-state index contributed by atoms with van der Waals surface area (Å²) in [5, 5.41) is 1.58. The van der Waals surface area contributed by atoms with Crippen LogP contribution >= 0.6 is 23.5 Å². The molecule has 28 heavy (non-hydrogen) atoms. The van der Waals surface area contributed by atoms with Crippen LogP contribution in [0.25, 0.3) is 0 Å². The molecule has 1 fully saturated rings. The quantitative estimate of drug-likeness (QED) is 0.755. The first-order chi connectivity index (χ1) is 13.6. The van der Waals surface area contributed by atoms with Crippen LogP contribution in [-0.4, -0.2) is 65.6 Å². The molecular weight excluding hydrogens is 398 g/mol. The average molecular weight is 420 g/mol. The minimum absolute atomic E-state index is 0.0431. The Hall–Kier alpha value is -2.00. The molecule has 1 aromatic heterocycles. The normalized spacial score (nSPS) is 25.8. The monoisotopic (exact) mass is 419 g/mol. The van der Waals surface area contributed by atoms with Crippen LogP contribution in [0, 0.1) is 0 Å². The molecule has 0 saturated carbocycles. The van der Waals surface area contributed by atoms with E-state index in [9.17, 15) is 9.59 Å². The lowest BCUT2D eigenvalue weighted by Crippen LogP contribution is -2.31. The lowest BCUT2D eigenvalue weighted by atomic mass is 10.2. The van der Waals surface area contributed by atoms with Gasteiger partial charge in [0, 0.05) is 29.7 Å². The van der Waals surface area contributed by atoms with E-state index < -0.39 is 0 Å². The minimum Gasteiger partial charge on any atom is -0.488 e. The number of aromatic amines is 1. The molecule has 5 rings (SSSR count). The fourth-order valence-corrected chi connectivity index (χ4v) is 6.78. The van der Waals surface area contributed by atoms with E-state index in [0.717, 1.165) is 49.1 Å². The number of ether oxygens (including phenoxy) is 2. The van der Waals surface area contributed by atoms with Gasteiger partial charge in [-0.1, -0.05) is 11.8 Å². The van der Waals surface area contributed by atoms with Crippen LogP contribution in [0.15, 0.2) is 28.2 Å². The van der Waals surface area contributed by atoms with Crippen LogP contribution in [0.5, 0.6) is 5.75 Å². The highest BCUT2D eigenvalue weighted by atomic mass is 32.2. The van der Waals surface area contributed by atoms with Gasteiger partial charge in [-0.3, -0.25) is 4.79 Å². The van der Waals surface area contributed by atoms with E-state index in [1.807, 2.05) is 17.0 Å². The number of likely N-dealkylation sites (tertiary alicyclic amines) is 1. The van der Waals surface area contributed by atoms with E-state index in [1.54, 1.807) is 23.5 Å². The molecule has 0 spiro atoms. The van der Waals surface area contributed by atoms with Crippen molar-refractivity contribution in [2.45, 2.75) is 23.3 Å². The Morgan fingerprint density at radius 2 is 1.96 bits per heavy atom. The van der Waals surface area contributed by atoms with E-state index >= 15 is 0 Å². The zero-order valence-electron chi connectivity index (χ0n) is 15.5. The van der Waals surface area contributed by atoms with Gasteiger partial charge in [0.05, 0.1) is 23.6 Å². The minimum atomic E-state index is -0.266. The highest BCUT2D eigenvalue weighted by molar-refractivity contribution is 8.09. The largest absolute Gasteiger partial charge is 0.488 e. The van der Waals surface area contributed by atoms with Crippen LogP contribution in [-0.2, 0) is 9.53 Å². The van der Waals surface area contributed by atoms with E-state index in [1.165, 1.54) is 7.11 Å². The van der Waals surface area contributed by atoms with Crippen LogP contribution < -0.4 is 9.64 Å². The number of aromatic nitrogens is 1. The van der Waals surface area contributed by atoms with Crippen molar-refractivity contribution in [3.63, 3.8) is 0 Å². The van der Waals surface area contributed by atoms with Gasteiger partial charge in [-0.15, -0.1) is 11.8 Å². The summed E-state index contributed by atoms with van der Waals surface area (Å²) in [6, 6.07) is 1.83. The zero-order chi connectivity index (χ0) is 19.3. The van der Waals surface area contributed by atoms with Crippen molar-refractivity contribution in [2.24, 2.45) is 0 Å². The molecule has 0 aliphatic carbocycles. The molecule has 2 unspecified atom stereocenters. The van der Waals surface area contributed by atoms with E-state index in [0.29, 0.717) is 17.2 Å². The van der Waals surface area contributed by atoms with Crippen molar-refractivity contribution < 1.29 is 19.1 Å². The molecule has 7 nitrogen and oxygen atoms in total. The predicted molar refractivity (Wildman–Crippen MR) is 110 cm³/mol. The van der Waals surface area contributed by atoms with E-state index in [4.69, 9.17) is 9.47 Å². The molecule has 0 aromatic carbocycles. The van der Waals surface area contributed by atoms with Gasteiger partial charge in [-0.2, -0.15) is 0 Å². The van der Waals surface area contributed by atoms with Crippen LogP contribution in [0.2, 0.25) is 0 Å². The molecule has 1 N–H and O–H groups in total. The van der Waals surface area contributed by atoms with Gasteiger partial charge in [0.25, 0.3) is 5.91 Å². The Morgan fingerprint density at radius 1 is 1.18 bits per heavy atom. The lowest BCUT2D eigenvalue weighted by molar-refractivity contribution is -0.135. The number of methoxy groups -OCH3 is 1. The Kier molecular flexibility index (Phi) is 4.59. The van der Waals surface area contributed by atoms with Crippen molar-refractivity contribution in [1.82, 2.24) is 9.88 Å². The number of nitrogens with one attached hydrogen (secondary N) is 1. The van der Waals surface area contributed by atoms with Gasteiger partial charge >= 0.3 is 5.97 Å². The second-order valence-corrected chi connectivity index (χ2v) is 9.51. The Bertz CT molecular complexity index is 888. The molecule has 0 radical (unpaired) electrons. The number of hydrogen-bond donors (Lipinski definition) is 1. The van der Waals surface area contributed by atoms with Crippen LogP contribution in [0.4, 0.5) is 5.82 Å². The summed E-state index contributed by atoms with van der Waals surface area (Å²) < 4.78 is 10.6. The molecule has 5 heterocycles. The molecule has 148 valence electrons. The van der Waals surface area contributed by atoms with Crippen LogP contribution in [0.3, 0.4) is 0 Å². The number of thioether (sulfide) groups is 2. The van der Waals surface area contributed by atoms with Gasteiger partial charge in [0.1, 0.15) is 12.3 Å². The van der Waals surface area contributed by atoms with Gasteiger partial charge in [0.15, 0.2) is 11.6 Å². The van der Waals surface area contributed by atoms with Gasteiger partial charge in [0.2, 0.25) is 0 Å². The predicted octanol–water partition coefficient (Wildman–Crippen LogP) is 2.58. The number of nitrogens with zero attached hydrogens (tertiary/aromatic N) is 2. The highest BCUT2D eigenvalue weighted by Gasteiger charge is 2.39. The maximum Gasteiger partial charge on any atom is 0.344 e. The van der Waals surface area contributed by atoms with Crippen molar-refractivity contribution in [1.29, 1.82) is 0 Å². The number of anilines is 1. The summed E-state index contributed by atoms with van der Waals surface area (Å²) in [5.74, 6) is 1.35. The first-order valence-corrected chi connectivity index (χ1v) is 11.2. The second-order valence-electron chi connectivity index (χ2n) is 7.09. The van der Waals surface area contributed by atoms with E-state index in [-0.39, 0.29) is 22.4 Å². The average Bonchev–Trinajstić information content (AvgIpc) is 3.48. The van der Waals surface area contributed by atoms with Gasteiger partial charge < -0.3 is 24.3 Å². The Labute approximate surface area is 171 Å². The number of esters is 1. The molecule has 0 bridgehead atoms. The van der Waals surface area contributed by atoms with Crippen molar-refractivity contribution >= 4 is 41.2 Å². The molecule has 9 heteroatoms. The Morgan fingerprint density at radius 3 is 2.71 bits per heavy atom.